The predicted molar refractivity (Wildman–Crippen MR) is 66.3 cm³/mol. The van der Waals surface area contributed by atoms with Crippen molar-refractivity contribution in [3.63, 3.8) is 0 Å². The molecule has 2 aromatic rings. The molecule has 3 nitrogen and oxygen atoms in total. The second-order valence-electron chi connectivity index (χ2n) is 3.87. The molecule has 0 aliphatic heterocycles. The maximum Gasteiger partial charge on any atom is 0.130 e. The van der Waals surface area contributed by atoms with Crippen LogP contribution < -0.4 is 5.32 Å². The first-order chi connectivity index (χ1) is 8.58. The number of anilines is 1. The van der Waals surface area contributed by atoms with Gasteiger partial charge in [-0.3, -0.25) is 0 Å². The van der Waals surface area contributed by atoms with Gasteiger partial charge in [-0.2, -0.15) is 0 Å². The van der Waals surface area contributed by atoms with Crippen LogP contribution in [0.2, 0.25) is 0 Å². The van der Waals surface area contributed by atoms with Crippen LogP contribution in [0.4, 0.5) is 14.6 Å². The SMILES string of the molecule is CCNc1cc(-c2cc(F)cc(F)c2)nc(C)n1. The third-order valence-electron chi connectivity index (χ3n) is 2.35. The van der Waals surface area contributed by atoms with Crippen molar-refractivity contribution in [2.45, 2.75) is 13.8 Å². The van der Waals surface area contributed by atoms with Crippen LogP contribution in [0, 0.1) is 18.6 Å². The maximum absolute atomic E-state index is 13.2. The fraction of sp³-hybridized carbons (Fsp3) is 0.231. The summed E-state index contributed by atoms with van der Waals surface area (Å²) in [4.78, 5) is 8.37. The quantitative estimate of drug-likeness (QED) is 0.908. The maximum atomic E-state index is 13.2. The lowest BCUT2D eigenvalue weighted by Crippen LogP contribution is -2.02. The summed E-state index contributed by atoms with van der Waals surface area (Å²) >= 11 is 0. The van der Waals surface area contributed by atoms with Crippen LogP contribution in [0.15, 0.2) is 24.3 Å². The van der Waals surface area contributed by atoms with Crippen molar-refractivity contribution in [3.8, 4) is 11.3 Å². The minimum atomic E-state index is -0.619. The highest BCUT2D eigenvalue weighted by Crippen LogP contribution is 2.22. The van der Waals surface area contributed by atoms with Crippen molar-refractivity contribution in [1.29, 1.82) is 0 Å². The van der Waals surface area contributed by atoms with E-state index in [-0.39, 0.29) is 0 Å². The smallest absolute Gasteiger partial charge is 0.130 e. The summed E-state index contributed by atoms with van der Waals surface area (Å²) in [7, 11) is 0. The van der Waals surface area contributed by atoms with E-state index in [9.17, 15) is 8.78 Å². The van der Waals surface area contributed by atoms with Gasteiger partial charge in [0.15, 0.2) is 0 Å². The Hall–Kier alpha value is -2.04. The molecule has 1 heterocycles. The zero-order valence-corrected chi connectivity index (χ0v) is 10.2. The number of hydrogen-bond acceptors (Lipinski definition) is 3. The van der Waals surface area contributed by atoms with Crippen molar-refractivity contribution < 1.29 is 8.78 Å². The average Bonchev–Trinajstić information content (AvgIpc) is 2.27. The molecule has 0 saturated heterocycles. The molecular formula is C13H13F2N3. The number of rotatable bonds is 3. The molecule has 0 spiro atoms. The monoisotopic (exact) mass is 249 g/mol. The molecule has 18 heavy (non-hydrogen) atoms. The summed E-state index contributed by atoms with van der Waals surface area (Å²) in [5, 5.41) is 3.05. The molecule has 0 bridgehead atoms. The van der Waals surface area contributed by atoms with E-state index in [4.69, 9.17) is 0 Å². The molecule has 0 aliphatic rings. The molecule has 2 rings (SSSR count). The van der Waals surface area contributed by atoms with E-state index < -0.39 is 11.6 Å². The fourth-order valence-electron chi connectivity index (χ4n) is 1.69. The highest BCUT2D eigenvalue weighted by molar-refractivity contribution is 5.62. The van der Waals surface area contributed by atoms with Crippen molar-refractivity contribution >= 4 is 5.82 Å². The molecule has 94 valence electrons. The summed E-state index contributed by atoms with van der Waals surface area (Å²) in [6.07, 6.45) is 0. The second-order valence-corrected chi connectivity index (χ2v) is 3.87. The highest BCUT2D eigenvalue weighted by Gasteiger charge is 2.07. The van der Waals surface area contributed by atoms with E-state index in [0.29, 0.717) is 29.4 Å². The molecule has 0 amide bonds. The van der Waals surface area contributed by atoms with Gasteiger partial charge in [-0.05, 0) is 26.0 Å². The van der Waals surface area contributed by atoms with Crippen LogP contribution in [-0.2, 0) is 0 Å². The Bertz CT molecular complexity index is 550. The standard InChI is InChI=1S/C13H13F2N3/c1-3-16-13-7-12(17-8(2)18-13)9-4-10(14)6-11(15)5-9/h4-7H,3H2,1-2H3,(H,16,17,18). The molecular weight excluding hydrogens is 236 g/mol. The Morgan fingerprint density at radius 3 is 2.33 bits per heavy atom. The molecule has 0 atom stereocenters. The lowest BCUT2D eigenvalue weighted by molar-refractivity contribution is 0.584. The summed E-state index contributed by atoms with van der Waals surface area (Å²) in [5.74, 6) is -0.0460. The largest absolute Gasteiger partial charge is 0.370 e. The Morgan fingerprint density at radius 2 is 1.72 bits per heavy atom. The lowest BCUT2D eigenvalue weighted by atomic mass is 10.1. The van der Waals surface area contributed by atoms with Gasteiger partial charge < -0.3 is 5.32 Å². The molecule has 1 N–H and O–H groups in total. The second kappa shape index (κ2) is 5.08. The van der Waals surface area contributed by atoms with Crippen LogP contribution in [0.1, 0.15) is 12.7 Å². The van der Waals surface area contributed by atoms with E-state index >= 15 is 0 Å². The van der Waals surface area contributed by atoms with E-state index in [1.807, 2.05) is 6.92 Å². The van der Waals surface area contributed by atoms with Gasteiger partial charge in [0.1, 0.15) is 23.3 Å². The molecule has 1 aromatic carbocycles. The Morgan fingerprint density at radius 1 is 1.06 bits per heavy atom. The Kier molecular flexibility index (Phi) is 3.50. The molecule has 0 aliphatic carbocycles. The van der Waals surface area contributed by atoms with Crippen LogP contribution in [0.3, 0.4) is 0 Å². The van der Waals surface area contributed by atoms with E-state index in [1.165, 1.54) is 12.1 Å². The number of aryl methyl sites for hydroxylation is 1. The van der Waals surface area contributed by atoms with Crippen molar-refractivity contribution in [2.24, 2.45) is 0 Å². The summed E-state index contributed by atoms with van der Waals surface area (Å²) in [6, 6.07) is 5.01. The van der Waals surface area contributed by atoms with Gasteiger partial charge >= 0.3 is 0 Å². The first kappa shape index (κ1) is 12.4. The summed E-state index contributed by atoms with van der Waals surface area (Å²) in [5.41, 5.74) is 0.897. The van der Waals surface area contributed by atoms with Gasteiger partial charge in [0.05, 0.1) is 5.69 Å². The Balaban J connectivity index is 2.49. The number of aromatic nitrogens is 2. The lowest BCUT2D eigenvalue weighted by Gasteiger charge is -2.07. The minimum absolute atomic E-state index is 0.400. The van der Waals surface area contributed by atoms with Gasteiger partial charge in [-0.1, -0.05) is 0 Å². The first-order valence-corrected chi connectivity index (χ1v) is 5.64. The number of nitrogens with zero attached hydrogens (tertiary/aromatic N) is 2. The minimum Gasteiger partial charge on any atom is -0.370 e. The van der Waals surface area contributed by atoms with Gasteiger partial charge in [0, 0.05) is 24.2 Å². The third kappa shape index (κ3) is 2.80. The van der Waals surface area contributed by atoms with Crippen LogP contribution in [0.25, 0.3) is 11.3 Å². The van der Waals surface area contributed by atoms with Gasteiger partial charge in [0.25, 0.3) is 0 Å². The van der Waals surface area contributed by atoms with Crippen LogP contribution in [-0.4, -0.2) is 16.5 Å². The Labute approximate surface area is 104 Å². The normalized spacial score (nSPS) is 10.4. The highest BCUT2D eigenvalue weighted by atomic mass is 19.1. The molecule has 5 heteroatoms. The number of halogens is 2. The van der Waals surface area contributed by atoms with Gasteiger partial charge in [-0.25, -0.2) is 18.7 Å². The fourth-order valence-corrected chi connectivity index (χ4v) is 1.69. The van der Waals surface area contributed by atoms with Crippen molar-refractivity contribution in [2.75, 3.05) is 11.9 Å². The van der Waals surface area contributed by atoms with Crippen LogP contribution in [0.5, 0.6) is 0 Å². The molecule has 0 radical (unpaired) electrons. The zero-order chi connectivity index (χ0) is 13.1. The topological polar surface area (TPSA) is 37.8 Å². The first-order valence-electron chi connectivity index (χ1n) is 5.64. The van der Waals surface area contributed by atoms with E-state index in [0.717, 1.165) is 6.07 Å². The summed E-state index contributed by atoms with van der Waals surface area (Å²) < 4.78 is 26.3. The molecule has 1 aromatic heterocycles. The van der Waals surface area contributed by atoms with Crippen molar-refractivity contribution in [3.05, 3.63) is 41.7 Å². The zero-order valence-electron chi connectivity index (χ0n) is 10.2. The predicted octanol–water partition coefficient (Wildman–Crippen LogP) is 3.16. The number of nitrogens with one attached hydrogen (secondary N) is 1. The summed E-state index contributed by atoms with van der Waals surface area (Å²) in [6.45, 7) is 4.40. The molecule has 0 saturated carbocycles. The van der Waals surface area contributed by atoms with Gasteiger partial charge in [0.2, 0.25) is 0 Å². The van der Waals surface area contributed by atoms with E-state index in [1.54, 1.807) is 13.0 Å². The van der Waals surface area contributed by atoms with E-state index in [2.05, 4.69) is 15.3 Å². The number of benzene rings is 1. The van der Waals surface area contributed by atoms with Crippen LogP contribution >= 0.6 is 0 Å². The third-order valence-corrected chi connectivity index (χ3v) is 2.35. The van der Waals surface area contributed by atoms with Crippen molar-refractivity contribution in [1.82, 2.24) is 9.97 Å². The molecule has 0 unspecified atom stereocenters. The van der Waals surface area contributed by atoms with Gasteiger partial charge in [-0.15, -0.1) is 0 Å². The number of hydrogen-bond donors (Lipinski definition) is 1. The average molecular weight is 249 g/mol. The molecule has 0 fully saturated rings.